The number of hydrogen-bond acceptors (Lipinski definition) is 3. The number of benzene rings is 2. The van der Waals surface area contributed by atoms with E-state index < -0.39 is 0 Å². The number of nitrogens with two attached hydrogens (primary N) is 1. The van der Waals surface area contributed by atoms with Gasteiger partial charge in [-0.2, -0.15) is 0 Å². The molecular formula is C16H16FN3O. The Bertz CT molecular complexity index is 782. The molecule has 0 saturated heterocycles. The first-order valence-corrected chi connectivity index (χ1v) is 6.72. The first kappa shape index (κ1) is 13.4. The minimum atomic E-state index is -0.308. The van der Waals surface area contributed by atoms with Crippen molar-refractivity contribution in [1.29, 1.82) is 0 Å². The summed E-state index contributed by atoms with van der Waals surface area (Å²) >= 11 is 0. The molecule has 0 aliphatic heterocycles. The Hall–Kier alpha value is -2.56. The van der Waals surface area contributed by atoms with E-state index in [-0.39, 0.29) is 5.82 Å². The molecule has 1 heterocycles. The number of methoxy groups -OCH3 is 1. The van der Waals surface area contributed by atoms with Crippen molar-refractivity contribution in [1.82, 2.24) is 9.55 Å². The highest BCUT2D eigenvalue weighted by atomic mass is 19.1. The van der Waals surface area contributed by atoms with E-state index in [0.29, 0.717) is 18.0 Å². The van der Waals surface area contributed by atoms with Crippen molar-refractivity contribution >= 4 is 17.0 Å². The smallest absolute Gasteiger partial charge is 0.201 e. The lowest BCUT2D eigenvalue weighted by molar-refractivity contribution is 0.408. The van der Waals surface area contributed by atoms with Crippen molar-refractivity contribution in [2.75, 3.05) is 12.8 Å². The van der Waals surface area contributed by atoms with Crippen molar-refractivity contribution in [2.24, 2.45) is 0 Å². The van der Waals surface area contributed by atoms with Crippen LogP contribution < -0.4 is 10.5 Å². The van der Waals surface area contributed by atoms with E-state index in [1.54, 1.807) is 13.2 Å². The quantitative estimate of drug-likeness (QED) is 0.801. The van der Waals surface area contributed by atoms with Crippen molar-refractivity contribution in [3.63, 3.8) is 0 Å². The molecule has 0 atom stereocenters. The molecule has 0 unspecified atom stereocenters. The number of nitrogen functional groups attached to an aromatic ring is 1. The minimum Gasteiger partial charge on any atom is -0.496 e. The molecule has 0 aliphatic rings. The summed E-state index contributed by atoms with van der Waals surface area (Å²) in [7, 11) is 1.66. The topological polar surface area (TPSA) is 53.1 Å². The average Bonchev–Trinajstić information content (AvgIpc) is 2.80. The van der Waals surface area contributed by atoms with Crippen LogP contribution in [0.25, 0.3) is 11.0 Å². The normalized spacial score (nSPS) is 11.0. The van der Waals surface area contributed by atoms with Gasteiger partial charge in [0.2, 0.25) is 5.95 Å². The van der Waals surface area contributed by atoms with Crippen molar-refractivity contribution < 1.29 is 9.13 Å². The van der Waals surface area contributed by atoms with Crippen LogP contribution in [0.3, 0.4) is 0 Å². The molecule has 3 rings (SSSR count). The van der Waals surface area contributed by atoms with E-state index in [0.717, 1.165) is 23.3 Å². The SMILES string of the molecule is COc1ccccc1CCn1c(N)nc2cc(F)ccc21. The summed E-state index contributed by atoms with van der Waals surface area (Å²) in [5.41, 5.74) is 8.45. The number of para-hydroxylation sites is 1. The second kappa shape index (κ2) is 5.44. The summed E-state index contributed by atoms with van der Waals surface area (Å²) in [5, 5.41) is 0. The van der Waals surface area contributed by atoms with Gasteiger partial charge in [-0.05, 0) is 30.2 Å². The van der Waals surface area contributed by atoms with E-state index in [2.05, 4.69) is 4.98 Å². The number of ether oxygens (including phenoxy) is 1. The predicted octanol–water partition coefficient (Wildman–Crippen LogP) is 3.01. The molecule has 0 bridgehead atoms. The molecular weight excluding hydrogens is 269 g/mol. The van der Waals surface area contributed by atoms with Crippen LogP contribution >= 0.6 is 0 Å². The number of imidazole rings is 1. The van der Waals surface area contributed by atoms with Gasteiger partial charge in [0.1, 0.15) is 11.6 Å². The third-order valence-electron chi connectivity index (χ3n) is 3.54. The predicted molar refractivity (Wildman–Crippen MR) is 80.8 cm³/mol. The van der Waals surface area contributed by atoms with Gasteiger partial charge in [0.05, 0.1) is 18.1 Å². The molecule has 0 radical (unpaired) electrons. The minimum absolute atomic E-state index is 0.308. The molecule has 0 saturated carbocycles. The highest BCUT2D eigenvalue weighted by Crippen LogP contribution is 2.22. The molecule has 108 valence electrons. The van der Waals surface area contributed by atoms with E-state index in [9.17, 15) is 4.39 Å². The van der Waals surface area contributed by atoms with Gasteiger partial charge in [-0.1, -0.05) is 18.2 Å². The van der Waals surface area contributed by atoms with E-state index in [4.69, 9.17) is 10.5 Å². The van der Waals surface area contributed by atoms with Crippen molar-refractivity contribution in [3.05, 3.63) is 53.8 Å². The zero-order chi connectivity index (χ0) is 14.8. The molecule has 5 heteroatoms. The van der Waals surface area contributed by atoms with Gasteiger partial charge in [-0.3, -0.25) is 0 Å². The molecule has 0 amide bonds. The third-order valence-corrected chi connectivity index (χ3v) is 3.54. The highest BCUT2D eigenvalue weighted by Gasteiger charge is 2.10. The zero-order valence-electron chi connectivity index (χ0n) is 11.7. The second-order valence-corrected chi connectivity index (χ2v) is 4.82. The van der Waals surface area contributed by atoms with Gasteiger partial charge < -0.3 is 15.0 Å². The largest absolute Gasteiger partial charge is 0.496 e. The molecule has 0 aliphatic carbocycles. The van der Waals surface area contributed by atoms with Crippen molar-refractivity contribution in [2.45, 2.75) is 13.0 Å². The lowest BCUT2D eigenvalue weighted by Crippen LogP contribution is -2.06. The molecule has 21 heavy (non-hydrogen) atoms. The molecule has 1 aromatic heterocycles. The Labute approximate surface area is 122 Å². The van der Waals surface area contributed by atoms with Gasteiger partial charge in [-0.15, -0.1) is 0 Å². The first-order valence-electron chi connectivity index (χ1n) is 6.72. The molecule has 2 aromatic carbocycles. The Morgan fingerprint density at radius 1 is 1.24 bits per heavy atom. The van der Waals surface area contributed by atoms with Crippen LogP contribution in [0.2, 0.25) is 0 Å². The van der Waals surface area contributed by atoms with Gasteiger partial charge in [0.25, 0.3) is 0 Å². The fourth-order valence-electron chi connectivity index (χ4n) is 2.50. The van der Waals surface area contributed by atoms with E-state index in [1.807, 2.05) is 28.8 Å². The second-order valence-electron chi connectivity index (χ2n) is 4.82. The molecule has 2 N–H and O–H groups in total. The van der Waals surface area contributed by atoms with E-state index in [1.165, 1.54) is 12.1 Å². The molecule has 3 aromatic rings. The number of halogens is 1. The lowest BCUT2D eigenvalue weighted by atomic mass is 10.1. The van der Waals surface area contributed by atoms with Crippen molar-refractivity contribution in [3.8, 4) is 5.75 Å². The van der Waals surface area contributed by atoms with Gasteiger partial charge in [0.15, 0.2) is 0 Å². The maximum atomic E-state index is 13.2. The van der Waals surface area contributed by atoms with Crippen LogP contribution in [-0.4, -0.2) is 16.7 Å². The highest BCUT2D eigenvalue weighted by molar-refractivity contribution is 5.78. The summed E-state index contributed by atoms with van der Waals surface area (Å²) in [6.07, 6.45) is 0.761. The van der Waals surface area contributed by atoms with Crippen LogP contribution in [-0.2, 0) is 13.0 Å². The van der Waals surface area contributed by atoms with Crippen LogP contribution in [0.5, 0.6) is 5.75 Å². The number of aromatic nitrogens is 2. The maximum absolute atomic E-state index is 13.2. The van der Waals surface area contributed by atoms with E-state index >= 15 is 0 Å². The first-order chi connectivity index (χ1) is 10.2. The Morgan fingerprint density at radius 2 is 2.05 bits per heavy atom. The summed E-state index contributed by atoms with van der Waals surface area (Å²) in [6.45, 7) is 0.661. The van der Waals surface area contributed by atoms with Crippen LogP contribution in [0.1, 0.15) is 5.56 Å². The van der Waals surface area contributed by atoms with Crippen LogP contribution in [0.15, 0.2) is 42.5 Å². The maximum Gasteiger partial charge on any atom is 0.201 e. The van der Waals surface area contributed by atoms with Crippen LogP contribution in [0, 0.1) is 5.82 Å². The van der Waals surface area contributed by atoms with Gasteiger partial charge in [0, 0.05) is 12.6 Å². The fourth-order valence-corrected chi connectivity index (χ4v) is 2.50. The summed E-state index contributed by atoms with van der Waals surface area (Å²) in [5.74, 6) is 0.939. The summed E-state index contributed by atoms with van der Waals surface area (Å²) in [4.78, 5) is 4.20. The standard InChI is InChI=1S/C16H16FN3O/c1-21-15-5-3-2-4-11(15)8-9-20-14-7-6-12(17)10-13(14)19-16(20)18/h2-7,10H,8-9H2,1H3,(H2,18,19). The number of hydrogen-bond donors (Lipinski definition) is 1. The van der Waals surface area contributed by atoms with Crippen LogP contribution in [0.4, 0.5) is 10.3 Å². The molecule has 0 spiro atoms. The third kappa shape index (κ3) is 2.54. The fraction of sp³-hybridized carbons (Fsp3) is 0.188. The van der Waals surface area contributed by atoms with Gasteiger partial charge >= 0.3 is 0 Å². The zero-order valence-corrected chi connectivity index (χ0v) is 11.7. The Kier molecular flexibility index (Phi) is 3.48. The number of fused-ring (bicyclic) bond motifs is 1. The monoisotopic (exact) mass is 285 g/mol. The number of anilines is 1. The summed E-state index contributed by atoms with van der Waals surface area (Å²) in [6, 6.07) is 12.4. The number of rotatable bonds is 4. The lowest BCUT2D eigenvalue weighted by Gasteiger charge is -2.10. The molecule has 4 nitrogen and oxygen atoms in total. The summed E-state index contributed by atoms with van der Waals surface area (Å²) < 4.78 is 20.5. The Morgan fingerprint density at radius 3 is 2.86 bits per heavy atom. The number of nitrogens with zero attached hydrogens (tertiary/aromatic N) is 2. The van der Waals surface area contributed by atoms with Gasteiger partial charge in [-0.25, -0.2) is 9.37 Å². The number of aryl methyl sites for hydroxylation is 2. The Balaban J connectivity index is 1.90. The molecule has 0 fully saturated rings. The average molecular weight is 285 g/mol.